The molecule has 1 aliphatic rings. The summed E-state index contributed by atoms with van der Waals surface area (Å²) in [4.78, 5) is 10.7. The summed E-state index contributed by atoms with van der Waals surface area (Å²) in [5.74, 6) is 0.231. The molecule has 0 bridgehead atoms. The van der Waals surface area contributed by atoms with Gasteiger partial charge in [0.15, 0.2) is 17.5 Å². The van der Waals surface area contributed by atoms with Crippen LogP contribution in [0.4, 0.5) is 4.39 Å². The van der Waals surface area contributed by atoms with Gasteiger partial charge in [-0.3, -0.25) is 4.79 Å². The number of ketones is 1. The second kappa shape index (κ2) is 2.71. The molecule has 1 aromatic heterocycles. The van der Waals surface area contributed by atoms with Gasteiger partial charge in [0.25, 0.3) is 0 Å². The number of hydrogen-bond donors (Lipinski definition) is 0. The highest BCUT2D eigenvalue weighted by molar-refractivity contribution is 7.08. The maximum absolute atomic E-state index is 12.9. The van der Waals surface area contributed by atoms with Crippen LogP contribution in [0.25, 0.3) is 5.76 Å². The van der Waals surface area contributed by atoms with E-state index in [0.29, 0.717) is 11.3 Å². The fourth-order valence-electron chi connectivity index (χ4n) is 1.00. The molecular formula is C8H5FO2S. The van der Waals surface area contributed by atoms with Crippen LogP contribution in [0.3, 0.4) is 0 Å². The van der Waals surface area contributed by atoms with Crippen LogP contribution >= 0.6 is 11.3 Å². The van der Waals surface area contributed by atoms with Gasteiger partial charge in [0, 0.05) is 6.08 Å². The van der Waals surface area contributed by atoms with Gasteiger partial charge in [0.1, 0.15) is 5.76 Å². The third-order valence-electron chi connectivity index (χ3n) is 1.55. The predicted molar refractivity (Wildman–Crippen MR) is 43.2 cm³/mol. The van der Waals surface area contributed by atoms with E-state index in [1.807, 2.05) is 0 Å². The van der Waals surface area contributed by atoms with E-state index in [0.717, 1.165) is 11.3 Å². The summed E-state index contributed by atoms with van der Waals surface area (Å²) >= 11 is 0.994. The highest BCUT2D eigenvalue weighted by Gasteiger charge is 2.18. The number of rotatable bonds is 1. The summed E-state index contributed by atoms with van der Waals surface area (Å²) in [6.45, 7) is 0.0324. The summed E-state index contributed by atoms with van der Waals surface area (Å²) in [5.41, 5.74) is 0.380. The quantitative estimate of drug-likeness (QED) is 0.665. The zero-order valence-electron chi connectivity index (χ0n) is 6.04. The van der Waals surface area contributed by atoms with Gasteiger partial charge in [-0.1, -0.05) is 0 Å². The second-order valence-electron chi connectivity index (χ2n) is 2.37. The van der Waals surface area contributed by atoms with Crippen LogP contribution in [-0.4, -0.2) is 12.4 Å². The summed E-state index contributed by atoms with van der Waals surface area (Å²) in [7, 11) is 0. The monoisotopic (exact) mass is 184 g/mol. The molecule has 1 aromatic rings. The first kappa shape index (κ1) is 7.49. The Morgan fingerprint density at radius 2 is 2.42 bits per heavy atom. The van der Waals surface area contributed by atoms with Crippen molar-refractivity contribution < 1.29 is 13.9 Å². The normalized spacial score (nSPS) is 16.1. The van der Waals surface area contributed by atoms with Gasteiger partial charge in [-0.15, -0.1) is 11.3 Å². The lowest BCUT2D eigenvalue weighted by molar-refractivity contribution is -0.115. The van der Waals surface area contributed by atoms with Crippen molar-refractivity contribution >= 4 is 22.9 Å². The van der Waals surface area contributed by atoms with Crippen molar-refractivity contribution in [2.24, 2.45) is 0 Å². The van der Waals surface area contributed by atoms with Crippen molar-refractivity contribution in [3.8, 4) is 0 Å². The first-order valence-corrected chi connectivity index (χ1v) is 4.26. The zero-order valence-corrected chi connectivity index (χ0v) is 6.86. The van der Waals surface area contributed by atoms with Crippen molar-refractivity contribution in [1.82, 2.24) is 0 Å². The fourth-order valence-corrected chi connectivity index (χ4v) is 1.62. The molecule has 2 heterocycles. The Hall–Kier alpha value is -1.16. The molecule has 0 atom stereocenters. The summed E-state index contributed by atoms with van der Waals surface area (Å²) in [6, 6.07) is 1.60. The maximum Gasteiger partial charge on any atom is 0.196 e. The van der Waals surface area contributed by atoms with Crippen LogP contribution in [0.1, 0.15) is 5.56 Å². The average Bonchev–Trinajstić information content (AvgIpc) is 2.58. The van der Waals surface area contributed by atoms with Crippen molar-refractivity contribution in [3.63, 3.8) is 0 Å². The van der Waals surface area contributed by atoms with Gasteiger partial charge in [-0.05, 0) is 11.4 Å². The molecule has 0 saturated heterocycles. The highest BCUT2D eigenvalue weighted by atomic mass is 32.1. The van der Waals surface area contributed by atoms with Crippen molar-refractivity contribution in [2.45, 2.75) is 0 Å². The summed E-state index contributed by atoms with van der Waals surface area (Å²) in [6.07, 6.45) is 1.32. The van der Waals surface area contributed by atoms with Gasteiger partial charge in [0.2, 0.25) is 0 Å². The molecule has 0 aliphatic carbocycles. The smallest absolute Gasteiger partial charge is 0.196 e. The molecule has 12 heavy (non-hydrogen) atoms. The molecule has 0 unspecified atom stereocenters. The molecule has 1 aliphatic heterocycles. The fraction of sp³-hybridized carbons (Fsp3) is 0.125. The van der Waals surface area contributed by atoms with Crippen molar-refractivity contribution in [1.29, 1.82) is 0 Å². The largest absolute Gasteiger partial charge is 0.485 e. The number of ether oxygens (including phenoxy) is 1. The van der Waals surface area contributed by atoms with Crippen LogP contribution in [0.15, 0.2) is 17.5 Å². The molecule has 2 nitrogen and oxygen atoms in total. The first-order valence-electron chi connectivity index (χ1n) is 3.38. The standard InChI is InChI=1S/C8H5FO2S/c9-8-6(1-2-12-8)7-3-5(10)4-11-7/h1-3H,4H2. The van der Waals surface area contributed by atoms with Gasteiger partial charge >= 0.3 is 0 Å². The van der Waals surface area contributed by atoms with E-state index in [4.69, 9.17) is 4.74 Å². The Labute approximate surface area is 72.3 Å². The molecule has 0 aromatic carbocycles. The molecule has 0 N–H and O–H groups in total. The molecule has 4 heteroatoms. The molecule has 0 amide bonds. The molecule has 0 radical (unpaired) electrons. The lowest BCUT2D eigenvalue weighted by Gasteiger charge is -1.98. The van der Waals surface area contributed by atoms with E-state index in [9.17, 15) is 9.18 Å². The topological polar surface area (TPSA) is 26.3 Å². The number of thiophene rings is 1. The Morgan fingerprint density at radius 1 is 1.58 bits per heavy atom. The summed E-state index contributed by atoms with van der Waals surface area (Å²) in [5, 5.41) is 1.31. The van der Waals surface area contributed by atoms with Crippen molar-refractivity contribution in [2.75, 3.05) is 6.61 Å². The SMILES string of the molecule is O=C1C=C(c2ccsc2F)OC1. The molecule has 2 rings (SSSR count). The van der Waals surface area contributed by atoms with Gasteiger partial charge in [-0.2, -0.15) is 4.39 Å². The average molecular weight is 184 g/mol. The number of carbonyl (C=O) groups excluding carboxylic acids is 1. The third kappa shape index (κ3) is 1.14. The Morgan fingerprint density at radius 3 is 2.92 bits per heavy atom. The van der Waals surface area contributed by atoms with E-state index < -0.39 is 0 Å². The first-order chi connectivity index (χ1) is 5.77. The molecule has 0 saturated carbocycles. The molecule has 0 spiro atoms. The second-order valence-corrected chi connectivity index (χ2v) is 3.24. The maximum atomic E-state index is 12.9. The Kier molecular flexibility index (Phi) is 1.69. The Balaban J connectivity index is 2.38. The minimum atomic E-state index is -0.309. The van der Waals surface area contributed by atoms with E-state index >= 15 is 0 Å². The van der Waals surface area contributed by atoms with Gasteiger partial charge in [-0.25, -0.2) is 0 Å². The number of carbonyl (C=O) groups is 1. The molecule has 0 fully saturated rings. The van der Waals surface area contributed by atoms with Crippen LogP contribution in [0.2, 0.25) is 0 Å². The van der Waals surface area contributed by atoms with Crippen LogP contribution in [0, 0.1) is 5.13 Å². The highest BCUT2D eigenvalue weighted by Crippen LogP contribution is 2.26. The van der Waals surface area contributed by atoms with Crippen molar-refractivity contribution in [3.05, 3.63) is 28.2 Å². The van der Waals surface area contributed by atoms with E-state index in [1.54, 1.807) is 11.4 Å². The minimum Gasteiger partial charge on any atom is -0.485 e. The van der Waals surface area contributed by atoms with E-state index in [1.165, 1.54) is 6.08 Å². The minimum absolute atomic E-state index is 0.0324. The number of hydrogen-bond acceptors (Lipinski definition) is 3. The lowest BCUT2D eigenvalue weighted by Crippen LogP contribution is -1.93. The molecular weight excluding hydrogens is 179 g/mol. The number of halogens is 1. The van der Waals surface area contributed by atoms with E-state index in [2.05, 4.69) is 0 Å². The third-order valence-corrected chi connectivity index (χ3v) is 2.24. The Bertz CT molecular complexity index is 354. The van der Waals surface area contributed by atoms with Crippen LogP contribution in [0.5, 0.6) is 0 Å². The summed E-state index contributed by atoms with van der Waals surface area (Å²) < 4.78 is 17.9. The molecule has 62 valence electrons. The van der Waals surface area contributed by atoms with Crippen LogP contribution in [-0.2, 0) is 9.53 Å². The van der Waals surface area contributed by atoms with Gasteiger partial charge in [0.05, 0.1) is 5.56 Å². The van der Waals surface area contributed by atoms with Crippen LogP contribution < -0.4 is 0 Å². The predicted octanol–water partition coefficient (Wildman–Crippen LogP) is 1.83. The lowest BCUT2D eigenvalue weighted by atomic mass is 10.2. The van der Waals surface area contributed by atoms with Gasteiger partial charge < -0.3 is 4.74 Å². The van der Waals surface area contributed by atoms with E-state index in [-0.39, 0.29) is 17.5 Å². The zero-order chi connectivity index (χ0) is 8.55.